The van der Waals surface area contributed by atoms with E-state index in [1.54, 1.807) is 21.3 Å². The van der Waals surface area contributed by atoms with Crippen molar-refractivity contribution in [3.63, 3.8) is 0 Å². The Morgan fingerprint density at radius 3 is 2.00 bits per heavy atom. The van der Waals surface area contributed by atoms with E-state index in [0.29, 0.717) is 34.9 Å². The molecule has 1 aromatic heterocycles. The zero-order valence-corrected chi connectivity index (χ0v) is 18.9. The van der Waals surface area contributed by atoms with Crippen LogP contribution in [-0.4, -0.2) is 56.3 Å². The van der Waals surface area contributed by atoms with E-state index in [-0.39, 0.29) is 0 Å². The number of aromatic nitrogens is 2. The number of anilines is 1. The third-order valence-electron chi connectivity index (χ3n) is 4.86. The first kappa shape index (κ1) is 22.7. The second-order valence-electron chi connectivity index (χ2n) is 7.29. The quantitative estimate of drug-likeness (QED) is 0.640. The molecule has 0 bridgehead atoms. The molecule has 7 heteroatoms. The maximum Gasteiger partial charge on any atom is 0.257 e. The van der Waals surface area contributed by atoms with Crippen molar-refractivity contribution in [1.29, 1.82) is 0 Å². The summed E-state index contributed by atoms with van der Waals surface area (Å²) in [5.74, 6) is 2.51. The van der Waals surface area contributed by atoms with Gasteiger partial charge in [-0.2, -0.15) is 0 Å². The predicted molar refractivity (Wildman–Crippen MR) is 117 cm³/mol. The van der Waals surface area contributed by atoms with Crippen molar-refractivity contribution >= 4 is 5.82 Å². The van der Waals surface area contributed by atoms with Crippen LogP contribution in [0.1, 0.15) is 37.9 Å². The Morgan fingerprint density at radius 2 is 1.55 bits per heavy atom. The molecule has 0 aliphatic heterocycles. The molecule has 1 heterocycles. The highest BCUT2D eigenvalue weighted by atomic mass is 16.5. The zero-order chi connectivity index (χ0) is 21.6. The van der Waals surface area contributed by atoms with Crippen molar-refractivity contribution in [2.24, 2.45) is 0 Å². The normalized spacial score (nSPS) is 11.1. The van der Waals surface area contributed by atoms with Crippen LogP contribution in [-0.2, 0) is 6.54 Å². The molecule has 2 aromatic rings. The first-order valence-electron chi connectivity index (χ1n) is 9.97. The minimum atomic E-state index is 0.317. The van der Waals surface area contributed by atoms with E-state index in [1.807, 2.05) is 33.2 Å². The molecule has 0 atom stereocenters. The second kappa shape index (κ2) is 10.3. The minimum Gasteiger partial charge on any atom is -0.496 e. The molecule has 1 N–H and O–H groups in total. The summed E-state index contributed by atoms with van der Waals surface area (Å²) in [5.41, 5.74) is 3.32. The van der Waals surface area contributed by atoms with Gasteiger partial charge < -0.3 is 24.4 Å². The lowest BCUT2D eigenvalue weighted by Crippen LogP contribution is -2.19. The summed E-state index contributed by atoms with van der Waals surface area (Å²) in [7, 11) is 8.97. The maximum atomic E-state index is 5.70. The zero-order valence-electron chi connectivity index (χ0n) is 18.9. The Kier molecular flexibility index (Phi) is 8.08. The fourth-order valence-corrected chi connectivity index (χ4v) is 3.32. The van der Waals surface area contributed by atoms with Crippen molar-refractivity contribution in [1.82, 2.24) is 14.9 Å². The molecule has 0 fully saturated rings. The van der Waals surface area contributed by atoms with Crippen LogP contribution in [0.15, 0.2) is 12.1 Å². The van der Waals surface area contributed by atoms with Crippen molar-refractivity contribution in [2.75, 3.05) is 40.7 Å². The van der Waals surface area contributed by atoms with Gasteiger partial charge in [-0.1, -0.05) is 13.8 Å². The van der Waals surface area contributed by atoms with Gasteiger partial charge >= 0.3 is 0 Å². The van der Waals surface area contributed by atoms with Gasteiger partial charge in [0.05, 0.1) is 32.6 Å². The molecular formula is C22H34N4O3. The number of hydrogen-bond donors (Lipinski definition) is 1. The highest BCUT2D eigenvalue weighted by molar-refractivity contribution is 5.77. The number of methoxy groups -OCH3 is 3. The first-order valence-corrected chi connectivity index (χ1v) is 9.97. The molecule has 29 heavy (non-hydrogen) atoms. The summed E-state index contributed by atoms with van der Waals surface area (Å²) in [6, 6.07) is 4.35. The molecule has 0 aliphatic carbocycles. The van der Waals surface area contributed by atoms with E-state index in [9.17, 15) is 0 Å². The van der Waals surface area contributed by atoms with Gasteiger partial charge in [0.1, 0.15) is 17.2 Å². The number of nitrogens with zero attached hydrogens (tertiary/aromatic N) is 3. The second-order valence-corrected chi connectivity index (χ2v) is 7.29. The van der Waals surface area contributed by atoms with Crippen LogP contribution in [0, 0.1) is 6.92 Å². The van der Waals surface area contributed by atoms with E-state index in [4.69, 9.17) is 24.2 Å². The van der Waals surface area contributed by atoms with Gasteiger partial charge in [0.15, 0.2) is 5.82 Å². The number of benzene rings is 1. The minimum absolute atomic E-state index is 0.317. The van der Waals surface area contributed by atoms with Crippen LogP contribution in [0.2, 0.25) is 0 Å². The molecule has 160 valence electrons. The molecule has 2 rings (SSSR count). The summed E-state index contributed by atoms with van der Waals surface area (Å²) in [4.78, 5) is 11.6. The molecular weight excluding hydrogens is 368 g/mol. The maximum absolute atomic E-state index is 5.70. The number of rotatable bonds is 10. The van der Waals surface area contributed by atoms with Crippen LogP contribution in [0.25, 0.3) is 11.3 Å². The predicted octanol–water partition coefficient (Wildman–Crippen LogP) is 4.14. The number of hydrogen-bond acceptors (Lipinski definition) is 7. The Bertz CT molecular complexity index is 795. The molecule has 0 saturated carbocycles. The molecule has 0 radical (unpaired) electrons. The summed E-state index contributed by atoms with van der Waals surface area (Å²) in [6.07, 6.45) is 1.99. The van der Waals surface area contributed by atoms with Gasteiger partial charge in [-0.15, -0.1) is 0 Å². The number of nitrogens with one attached hydrogen (secondary N) is 1. The average Bonchev–Trinajstić information content (AvgIpc) is 2.71. The fourth-order valence-electron chi connectivity index (χ4n) is 3.32. The van der Waals surface area contributed by atoms with Gasteiger partial charge in [-0.05, 0) is 51.6 Å². The average molecular weight is 403 g/mol. The van der Waals surface area contributed by atoms with E-state index in [2.05, 4.69) is 24.1 Å². The summed E-state index contributed by atoms with van der Waals surface area (Å²) in [6.45, 7) is 7.01. The van der Waals surface area contributed by atoms with Gasteiger partial charge in [-0.3, -0.25) is 0 Å². The Morgan fingerprint density at radius 1 is 0.966 bits per heavy atom. The highest BCUT2D eigenvalue weighted by Gasteiger charge is 2.22. The van der Waals surface area contributed by atoms with E-state index in [1.165, 1.54) is 0 Å². The fraction of sp³-hybridized carbons (Fsp3) is 0.545. The van der Waals surface area contributed by atoms with Crippen LogP contribution >= 0.6 is 0 Å². The first-order chi connectivity index (χ1) is 13.9. The van der Waals surface area contributed by atoms with E-state index >= 15 is 0 Å². The lowest BCUT2D eigenvalue weighted by Gasteiger charge is -2.20. The van der Waals surface area contributed by atoms with Crippen molar-refractivity contribution in [2.45, 2.75) is 46.2 Å². The van der Waals surface area contributed by atoms with E-state index in [0.717, 1.165) is 36.2 Å². The summed E-state index contributed by atoms with van der Waals surface area (Å²) in [5, 5.41) is 3.44. The van der Waals surface area contributed by atoms with Crippen molar-refractivity contribution in [3.8, 4) is 28.6 Å². The van der Waals surface area contributed by atoms with Gasteiger partial charge in [0, 0.05) is 12.6 Å². The third-order valence-corrected chi connectivity index (χ3v) is 4.86. The van der Waals surface area contributed by atoms with Crippen molar-refractivity contribution in [3.05, 3.63) is 23.4 Å². The number of ether oxygens (including phenoxy) is 3. The topological polar surface area (TPSA) is 68.7 Å². The summed E-state index contributed by atoms with van der Waals surface area (Å²) >= 11 is 0. The highest BCUT2D eigenvalue weighted by Crippen LogP contribution is 2.41. The Hall–Kier alpha value is -2.54. The van der Waals surface area contributed by atoms with Crippen LogP contribution in [0.4, 0.5) is 5.82 Å². The molecule has 0 unspecified atom stereocenters. The SMILES string of the molecule is CCC(CC)Nc1nc(C)c(-c2c(OC)cc(CN(C)C)cc2OC)nc1OC. The largest absolute Gasteiger partial charge is 0.496 e. The lowest BCUT2D eigenvalue weighted by atomic mass is 10.0. The molecule has 0 spiro atoms. The molecule has 0 saturated heterocycles. The Labute approximate surface area is 174 Å². The Balaban J connectivity index is 2.61. The van der Waals surface area contributed by atoms with Crippen LogP contribution in [0.5, 0.6) is 17.4 Å². The molecule has 7 nitrogen and oxygen atoms in total. The van der Waals surface area contributed by atoms with Gasteiger partial charge in [0.2, 0.25) is 0 Å². The standard InChI is InChI=1S/C22H34N4O3/c1-9-16(10-2)24-21-22(29-8)25-20(14(3)23-21)19-17(27-6)11-15(13-26(4)5)12-18(19)28-7/h11-12,16H,9-10,13H2,1-8H3,(H,23,24). The molecule has 0 aliphatic rings. The smallest absolute Gasteiger partial charge is 0.257 e. The summed E-state index contributed by atoms with van der Waals surface area (Å²) < 4.78 is 17.0. The van der Waals surface area contributed by atoms with Gasteiger partial charge in [-0.25, -0.2) is 9.97 Å². The van der Waals surface area contributed by atoms with Crippen LogP contribution in [0.3, 0.4) is 0 Å². The van der Waals surface area contributed by atoms with Crippen LogP contribution < -0.4 is 19.5 Å². The number of aryl methyl sites for hydroxylation is 1. The van der Waals surface area contributed by atoms with E-state index < -0.39 is 0 Å². The molecule has 0 amide bonds. The molecule has 1 aromatic carbocycles. The van der Waals surface area contributed by atoms with Gasteiger partial charge in [0.25, 0.3) is 5.88 Å². The monoisotopic (exact) mass is 402 g/mol. The lowest BCUT2D eigenvalue weighted by molar-refractivity contribution is 0.382. The third kappa shape index (κ3) is 5.29. The van der Waals surface area contributed by atoms with Crippen molar-refractivity contribution < 1.29 is 14.2 Å².